The van der Waals surface area contributed by atoms with E-state index in [-0.39, 0.29) is 11.9 Å². The zero-order valence-electron chi connectivity index (χ0n) is 16.0. The number of hydrogen-bond acceptors (Lipinski definition) is 3. The van der Waals surface area contributed by atoms with E-state index in [9.17, 15) is 4.79 Å². The molecule has 1 N–H and O–H groups in total. The SMILES string of the molecule is CCn1c(C)c(C)c2cc(C(=O)NC(C)c3nc4ccccc4o3)ccc21. The van der Waals surface area contributed by atoms with Crippen LogP contribution in [0.5, 0.6) is 0 Å². The van der Waals surface area contributed by atoms with Gasteiger partial charge in [0.05, 0.1) is 0 Å². The van der Waals surface area contributed by atoms with E-state index < -0.39 is 0 Å². The Hall–Kier alpha value is -3.08. The predicted molar refractivity (Wildman–Crippen MR) is 107 cm³/mol. The number of aromatic nitrogens is 2. The highest BCUT2D eigenvalue weighted by atomic mass is 16.3. The fourth-order valence-electron chi connectivity index (χ4n) is 3.62. The summed E-state index contributed by atoms with van der Waals surface area (Å²) < 4.78 is 8.03. The normalized spacial score (nSPS) is 12.6. The lowest BCUT2D eigenvalue weighted by Crippen LogP contribution is -2.26. The van der Waals surface area contributed by atoms with Crippen LogP contribution < -0.4 is 5.32 Å². The molecule has 0 saturated heterocycles. The van der Waals surface area contributed by atoms with Crippen molar-refractivity contribution >= 4 is 27.9 Å². The van der Waals surface area contributed by atoms with Crippen LogP contribution in [0.3, 0.4) is 0 Å². The van der Waals surface area contributed by atoms with Crippen LogP contribution in [0.15, 0.2) is 46.9 Å². The Morgan fingerprint density at radius 2 is 2.00 bits per heavy atom. The number of hydrogen-bond donors (Lipinski definition) is 1. The number of para-hydroxylation sites is 2. The summed E-state index contributed by atoms with van der Waals surface area (Å²) in [4.78, 5) is 17.2. The summed E-state index contributed by atoms with van der Waals surface area (Å²) in [5.41, 5.74) is 5.78. The van der Waals surface area contributed by atoms with E-state index in [2.05, 4.69) is 35.6 Å². The molecule has 0 radical (unpaired) electrons. The summed E-state index contributed by atoms with van der Waals surface area (Å²) in [5, 5.41) is 4.11. The van der Waals surface area contributed by atoms with E-state index in [1.165, 1.54) is 11.3 Å². The fourth-order valence-corrected chi connectivity index (χ4v) is 3.62. The number of benzene rings is 2. The molecule has 5 nitrogen and oxygen atoms in total. The van der Waals surface area contributed by atoms with Gasteiger partial charge in [-0.1, -0.05) is 12.1 Å². The highest BCUT2D eigenvalue weighted by Crippen LogP contribution is 2.26. The molecule has 0 aliphatic carbocycles. The van der Waals surface area contributed by atoms with Crippen molar-refractivity contribution in [3.8, 4) is 0 Å². The number of carbonyl (C=O) groups excluding carboxylic acids is 1. The number of fused-ring (bicyclic) bond motifs is 2. The van der Waals surface area contributed by atoms with E-state index in [4.69, 9.17) is 4.42 Å². The number of aryl methyl sites for hydroxylation is 2. The van der Waals surface area contributed by atoms with Gasteiger partial charge in [0, 0.05) is 28.7 Å². The topological polar surface area (TPSA) is 60.1 Å². The van der Waals surface area contributed by atoms with Crippen LogP contribution in [0, 0.1) is 13.8 Å². The Labute approximate surface area is 158 Å². The molecule has 1 atom stereocenters. The number of carbonyl (C=O) groups is 1. The molecule has 0 spiro atoms. The second kappa shape index (κ2) is 6.58. The molecule has 4 rings (SSSR count). The molecule has 0 aliphatic rings. The van der Waals surface area contributed by atoms with E-state index >= 15 is 0 Å². The lowest BCUT2D eigenvalue weighted by atomic mass is 10.1. The highest BCUT2D eigenvalue weighted by Gasteiger charge is 2.18. The summed E-state index contributed by atoms with van der Waals surface area (Å²) in [6.45, 7) is 9.15. The maximum atomic E-state index is 12.8. The first-order valence-electron chi connectivity index (χ1n) is 9.25. The summed E-state index contributed by atoms with van der Waals surface area (Å²) in [5.74, 6) is 0.378. The maximum Gasteiger partial charge on any atom is 0.251 e. The molecule has 2 aromatic heterocycles. The molecule has 2 aromatic carbocycles. The van der Waals surface area contributed by atoms with Crippen LogP contribution in [-0.4, -0.2) is 15.5 Å². The Bertz CT molecular complexity index is 1120. The van der Waals surface area contributed by atoms with Crippen molar-refractivity contribution in [1.82, 2.24) is 14.9 Å². The largest absolute Gasteiger partial charge is 0.438 e. The molecule has 1 unspecified atom stereocenters. The monoisotopic (exact) mass is 361 g/mol. The van der Waals surface area contributed by atoms with Crippen LogP contribution >= 0.6 is 0 Å². The van der Waals surface area contributed by atoms with Crippen molar-refractivity contribution in [1.29, 1.82) is 0 Å². The van der Waals surface area contributed by atoms with Gasteiger partial charge in [0.15, 0.2) is 5.58 Å². The summed E-state index contributed by atoms with van der Waals surface area (Å²) in [7, 11) is 0. The van der Waals surface area contributed by atoms with Gasteiger partial charge < -0.3 is 14.3 Å². The fraction of sp³-hybridized carbons (Fsp3) is 0.273. The number of rotatable bonds is 4. The predicted octanol–water partition coefficient (Wildman–Crippen LogP) is 4.91. The lowest BCUT2D eigenvalue weighted by molar-refractivity contribution is 0.0934. The second-order valence-electron chi connectivity index (χ2n) is 6.90. The second-order valence-corrected chi connectivity index (χ2v) is 6.90. The van der Waals surface area contributed by atoms with Crippen molar-refractivity contribution in [3.63, 3.8) is 0 Å². The lowest BCUT2D eigenvalue weighted by Gasteiger charge is -2.11. The van der Waals surface area contributed by atoms with Crippen molar-refractivity contribution in [3.05, 3.63) is 65.2 Å². The first-order chi connectivity index (χ1) is 13.0. The highest BCUT2D eigenvalue weighted by molar-refractivity contribution is 5.99. The molecule has 2 heterocycles. The number of nitrogens with zero attached hydrogens (tertiary/aromatic N) is 2. The molecule has 5 heteroatoms. The molecule has 1 amide bonds. The van der Waals surface area contributed by atoms with Gasteiger partial charge in [-0.05, 0) is 63.6 Å². The summed E-state index contributed by atoms with van der Waals surface area (Å²) in [6.07, 6.45) is 0. The number of amides is 1. The Morgan fingerprint density at radius 3 is 2.74 bits per heavy atom. The van der Waals surface area contributed by atoms with Gasteiger partial charge in [-0.3, -0.25) is 4.79 Å². The van der Waals surface area contributed by atoms with Gasteiger partial charge in [0.1, 0.15) is 11.6 Å². The van der Waals surface area contributed by atoms with E-state index in [0.29, 0.717) is 11.5 Å². The number of nitrogens with one attached hydrogen (secondary N) is 1. The molecular weight excluding hydrogens is 338 g/mol. The molecular formula is C22H23N3O2. The first-order valence-corrected chi connectivity index (χ1v) is 9.25. The molecule has 0 saturated carbocycles. The van der Waals surface area contributed by atoms with Crippen molar-refractivity contribution < 1.29 is 9.21 Å². The smallest absolute Gasteiger partial charge is 0.251 e. The Morgan fingerprint density at radius 1 is 1.22 bits per heavy atom. The van der Waals surface area contributed by atoms with Crippen molar-refractivity contribution in [2.45, 2.75) is 40.3 Å². The van der Waals surface area contributed by atoms with Crippen LogP contribution in [0.2, 0.25) is 0 Å². The third kappa shape index (κ3) is 2.89. The van der Waals surface area contributed by atoms with Gasteiger partial charge in [-0.15, -0.1) is 0 Å². The number of oxazole rings is 1. The zero-order valence-corrected chi connectivity index (χ0v) is 16.0. The van der Waals surface area contributed by atoms with Crippen LogP contribution in [0.1, 0.15) is 47.4 Å². The zero-order chi connectivity index (χ0) is 19.1. The standard InChI is InChI=1S/C22H23N3O2/c1-5-25-15(4)13(2)17-12-16(10-11-19(17)25)21(26)23-14(3)22-24-18-8-6-7-9-20(18)27-22/h6-12,14H,5H2,1-4H3,(H,23,26). The molecule has 0 aliphatic heterocycles. The quantitative estimate of drug-likeness (QED) is 0.562. The van der Waals surface area contributed by atoms with Gasteiger partial charge in [-0.2, -0.15) is 0 Å². The van der Waals surface area contributed by atoms with Gasteiger partial charge >= 0.3 is 0 Å². The maximum absolute atomic E-state index is 12.8. The van der Waals surface area contributed by atoms with E-state index in [0.717, 1.165) is 28.5 Å². The third-order valence-corrected chi connectivity index (χ3v) is 5.25. The molecule has 138 valence electrons. The Kier molecular flexibility index (Phi) is 4.22. The van der Waals surface area contributed by atoms with Crippen LogP contribution in [0.4, 0.5) is 0 Å². The first kappa shape index (κ1) is 17.3. The van der Waals surface area contributed by atoms with Crippen molar-refractivity contribution in [2.75, 3.05) is 0 Å². The van der Waals surface area contributed by atoms with E-state index in [1.54, 1.807) is 0 Å². The minimum atomic E-state index is -0.316. The summed E-state index contributed by atoms with van der Waals surface area (Å²) in [6, 6.07) is 13.1. The molecule has 27 heavy (non-hydrogen) atoms. The van der Waals surface area contributed by atoms with E-state index in [1.807, 2.05) is 49.4 Å². The average Bonchev–Trinajstić information content (AvgIpc) is 3.21. The minimum absolute atomic E-state index is 0.132. The van der Waals surface area contributed by atoms with Crippen LogP contribution in [-0.2, 0) is 6.54 Å². The molecule has 4 aromatic rings. The van der Waals surface area contributed by atoms with Gasteiger partial charge in [0.25, 0.3) is 5.91 Å². The van der Waals surface area contributed by atoms with Gasteiger partial charge in [-0.25, -0.2) is 4.98 Å². The molecule has 0 bridgehead atoms. The van der Waals surface area contributed by atoms with Crippen LogP contribution in [0.25, 0.3) is 22.0 Å². The third-order valence-electron chi connectivity index (χ3n) is 5.25. The molecule has 0 fully saturated rings. The average molecular weight is 361 g/mol. The van der Waals surface area contributed by atoms with Gasteiger partial charge in [0.2, 0.25) is 5.89 Å². The Balaban J connectivity index is 1.61. The van der Waals surface area contributed by atoms with Crippen molar-refractivity contribution in [2.24, 2.45) is 0 Å². The minimum Gasteiger partial charge on any atom is -0.438 e. The summed E-state index contributed by atoms with van der Waals surface area (Å²) >= 11 is 0.